The molecule has 39 heavy (non-hydrogen) atoms. The molecule has 2 aromatic rings. The summed E-state index contributed by atoms with van der Waals surface area (Å²) in [6, 6.07) is 12.0. The zero-order valence-corrected chi connectivity index (χ0v) is 25.2. The first-order valence-corrected chi connectivity index (χ1v) is 15.3. The van der Waals surface area contributed by atoms with E-state index in [4.69, 9.17) is 11.6 Å². The molecular formula is C29H41ClN4O4S. The van der Waals surface area contributed by atoms with Crippen molar-refractivity contribution in [2.24, 2.45) is 0 Å². The smallest absolute Gasteiger partial charge is 0.304 e. The molecule has 1 aliphatic carbocycles. The lowest BCUT2D eigenvalue weighted by molar-refractivity contribution is -0.140. The molecule has 214 valence electrons. The van der Waals surface area contributed by atoms with Crippen molar-refractivity contribution in [3.63, 3.8) is 0 Å². The van der Waals surface area contributed by atoms with Gasteiger partial charge < -0.3 is 10.2 Å². The van der Waals surface area contributed by atoms with Crippen LogP contribution in [0.1, 0.15) is 62.1 Å². The van der Waals surface area contributed by atoms with Gasteiger partial charge in [-0.25, -0.2) is 4.31 Å². The molecule has 0 heterocycles. The van der Waals surface area contributed by atoms with Gasteiger partial charge in [-0.2, -0.15) is 12.7 Å². The summed E-state index contributed by atoms with van der Waals surface area (Å²) < 4.78 is 29.2. The van der Waals surface area contributed by atoms with Crippen LogP contribution in [-0.4, -0.2) is 62.2 Å². The maximum absolute atomic E-state index is 14.1. The van der Waals surface area contributed by atoms with E-state index in [2.05, 4.69) is 5.32 Å². The van der Waals surface area contributed by atoms with Gasteiger partial charge in [0.15, 0.2) is 0 Å². The van der Waals surface area contributed by atoms with E-state index < -0.39 is 28.7 Å². The largest absolute Gasteiger partial charge is 0.352 e. The monoisotopic (exact) mass is 576 g/mol. The first-order chi connectivity index (χ1) is 18.4. The van der Waals surface area contributed by atoms with Crippen molar-refractivity contribution in [3.8, 4) is 0 Å². The van der Waals surface area contributed by atoms with Gasteiger partial charge in [-0.3, -0.25) is 9.59 Å². The van der Waals surface area contributed by atoms with E-state index in [1.165, 1.54) is 19.0 Å². The Morgan fingerprint density at radius 3 is 2.33 bits per heavy atom. The summed E-state index contributed by atoms with van der Waals surface area (Å²) in [5.41, 5.74) is 2.70. The Balaban J connectivity index is 2.00. The Labute approximate surface area is 238 Å². The molecule has 3 rings (SSSR count). The number of carbonyl (C=O) groups is 2. The molecular weight excluding hydrogens is 536 g/mol. The zero-order chi connectivity index (χ0) is 28.7. The van der Waals surface area contributed by atoms with Gasteiger partial charge in [0, 0.05) is 31.7 Å². The van der Waals surface area contributed by atoms with E-state index in [-0.39, 0.29) is 18.5 Å². The highest BCUT2D eigenvalue weighted by atomic mass is 35.5. The van der Waals surface area contributed by atoms with Crippen LogP contribution in [0.4, 0.5) is 5.69 Å². The van der Waals surface area contributed by atoms with Crippen LogP contribution in [0.15, 0.2) is 42.5 Å². The van der Waals surface area contributed by atoms with Gasteiger partial charge in [-0.1, -0.05) is 68.1 Å². The molecule has 1 aliphatic rings. The van der Waals surface area contributed by atoms with Gasteiger partial charge in [0.05, 0.1) is 5.69 Å². The van der Waals surface area contributed by atoms with Crippen LogP contribution < -0.4 is 9.62 Å². The second-order valence-electron chi connectivity index (χ2n) is 10.5. The van der Waals surface area contributed by atoms with E-state index in [9.17, 15) is 18.0 Å². The van der Waals surface area contributed by atoms with E-state index in [1.807, 2.05) is 45.0 Å². The van der Waals surface area contributed by atoms with Crippen LogP contribution in [0.5, 0.6) is 0 Å². The van der Waals surface area contributed by atoms with Gasteiger partial charge in [0.2, 0.25) is 11.8 Å². The quantitative estimate of drug-likeness (QED) is 0.415. The van der Waals surface area contributed by atoms with Crippen molar-refractivity contribution in [2.75, 3.05) is 24.9 Å². The minimum atomic E-state index is -4.02. The first kappa shape index (κ1) is 30.9. The average Bonchev–Trinajstić information content (AvgIpc) is 2.90. The van der Waals surface area contributed by atoms with Crippen molar-refractivity contribution in [3.05, 3.63) is 64.2 Å². The van der Waals surface area contributed by atoms with Crippen LogP contribution in [-0.2, 0) is 26.3 Å². The molecule has 10 heteroatoms. The summed E-state index contributed by atoms with van der Waals surface area (Å²) in [6.07, 6.45) is 5.51. The minimum absolute atomic E-state index is 0.0811. The van der Waals surface area contributed by atoms with Gasteiger partial charge in [0.1, 0.15) is 12.6 Å². The van der Waals surface area contributed by atoms with Crippen molar-refractivity contribution in [1.82, 2.24) is 14.5 Å². The lowest BCUT2D eigenvalue weighted by atomic mass is 9.95. The second kappa shape index (κ2) is 13.6. The number of carbonyl (C=O) groups excluding carboxylic acids is 2. The van der Waals surface area contributed by atoms with Gasteiger partial charge in [-0.05, 0) is 61.9 Å². The molecule has 1 fully saturated rings. The molecule has 0 aromatic heterocycles. The molecule has 1 saturated carbocycles. The molecule has 8 nitrogen and oxygen atoms in total. The van der Waals surface area contributed by atoms with Crippen molar-refractivity contribution < 1.29 is 18.0 Å². The van der Waals surface area contributed by atoms with Crippen LogP contribution in [0.25, 0.3) is 0 Å². The SMILES string of the molecule is CC[C@@H](C(=O)NC1CCCCC1)N(Cc1ccccc1Cl)C(=O)CN(c1cc(C)ccc1C)S(=O)(=O)N(C)C. The number of amides is 2. The molecule has 0 saturated heterocycles. The number of halogens is 1. The Kier molecular flexibility index (Phi) is 10.8. The van der Waals surface area contributed by atoms with Crippen LogP contribution >= 0.6 is 11.6 Å². The standard InChI is InChI=1S/C29H41ClN4O4S/c1-6-26(29(36)31-24-13-8-7-9-14-24)33(19-23-12-10-11-15-25(23)30)28(35)20-34(39(37,38)32(4)5)27-18-21(2)16-17-22(27)3/h10-12,15-18,24,26H,6-9,13-14,19-20H2,1-5H3,(H,31,36)/t26-/m0/s1. The fourth-order valence-electron chi connectivity index (χ4n) is 4.96. The Bertz CT molecular complexity index is 1260. The maximum atomic E-state index is 14.1. The normalized spacial score (nSPS) is 15.2. The van der Waals surface area contributed by atoms with Crippen LogP contribution in [0.2, 0.25) is 5.02 Å². The highest BCUT2D eigenvalue weighted by Crippen LogP contribution is 2.27. The Hall–Kier alpha value is -2.62. The number of rotatable bonds is 11. The van der Waals surface area contributed by atoms with Crippen LogP contribution in [0, 0.1) is 13.8 Å². The molecule has 0 unspecified atom stereocenters. The number of anilines is 1. The van der Waals surface area contributed by atoms with E-state index in [0.29, 0.717) is 22.7 Å². The maximum Gasteiger partial charge on any atom is 0.304 e. The summed E-state index contributed by atoms with van der Waals surface area (Å²) in [5.74, 6) is -0.703. The fraction of sp³-hybridized carbons (Fsp3) is 0.517. The third-order valence-electron chi connectivity index (χ3n) is 7.29. The topological polar surface area (TPSA) is 90.0 Å². The molecule has 0 radical (unpaired) electrons. The molecule has 0 bridgehead atoms. The molecule has 0 spiro atoms. The highest BCUT2D eigenvalue weighted by molar-refractivity contribution is 7.90. The number of nitrogens with one attached hydrogen (secondary N) is 1. The third-order valence-corrected chi connectivity index (χ3v) is 9.46. The summed E-state index contributed by atoms with van der Waals surface area (Å²) in [6.45, 7) is 5.17. The highest BCUT2D eigenvalue weighted by Gasteiger charge is 2.35. The van der Waals surface area contributed by atoms with Gasteiger partial charge in [-0.15, -0.1) is 0 Å². The number of nitrogens with zero attached hydrogens (tertiary/aromatic N) is 3. The van der Waals surface area contributed by atoms with Crippen molar-refractivity contribution in [1.29, 1.82) is 0 Å². The summed E-state index contributed by atoms with van der Waals surface area (Å²) >= 11 is 6.46. The molecule has 2 aromatic carbocycles. The second-order valence-corrected chi connectivity index (χ2v) is 12.9. The Morgan fingerprint density at radius 2 is 1.72 bits per heavy atom. The minimum Gasteiger partial charge on any atom is -0.352 e. The fourth-order valence-corrected chi connectivity index (χ4v) is 6.27. The Morgan fingerprint density at radius 1 is 1.05 bits per heavy atom. The average molecular weight is 577 g/mol. The molecule has 1 atom stereocenters. The lowest BCUT2D eigenvalue weighted by Crippen LogP contribution is -2.54. The van der Waals surface area contributed by atoms with Crippen LogP contribution in [0.3, 0.4) is 0 Å². The van der Waals surface area contributed by atoms with Crippen molar-refractivity contribution in [2.45, 2.75) is 77.9 Å². The van der Waals surface area contributed by atoms with Gasteiger partial charge in [0.25, 0.3) is 0 Å². The molecule has 2 amide bonds. The lowest BCUT2D eigenvalue weighted by Gasteiger charge is -2.35. The predicted octanol–water partition coefficient (Wildman–Crippen LogP) is 4.83. The number of hydrogen-bond acceptors (Lipinski definition) is 4. The van der Waals surface area contributed by atoms with Crippen molar-refractivity contribution >= 4 is 39.3 Å². The number of aryl methyl sites for hydroxylation is 2. The number of hydrogen-bond donors (Lipinski definition) is 1. The number of benzene rings is 2. The predicted molar refractivity (Wildman–Crippen MR) is 157 cm³/mol. The van der Waals surface area contributed by atoms with E-state index in [0.717, 1.165) is 51.8 Å². The molecule has 0 aliphatic heterocycles. The van der Waals surface area contributed by atoms with E-state index >= 15 is 0 Å². The first-order valence-electron chi connectivity index (χ1n) is 13.6. The third kappa shape index (κ3) is 7.74. The molecule has 1 N–H and O–H groups in total. The van der Waals surface area contributed by atoms with Gasteiger partial charge >= 0.3 is 10.2 Å². The summed E-state index contributed by atoms with van der Waals surface area (Å²) in [7, 11) is -1.15. The summed E-state index contributed by atoms with van der Waals surface area (Å²) in [5, 5.41) is 3.63. The summed E-state index contributed by atoms with van der Waals surface area (Å²) in [4.78, 5) is 29.1. The zero-order valence-electron chi connectivity index (χ0n) is 23.6. The van der Waals surface area contributed by atoms with E-state index in [1.54, 1.807) is 18.2 Å².